The fourth-order valence-corrected chi connectivity index (χ4v) is 4.49. The maximum absolute atomic E-state index is 13.1. The van der Waals surface area contributed by atoms with Gasteiger partial charge in [-0.15, -0.1) is 0 Å². The summed E-state index contributed by atoms with van der Waals surface area (Å²) in [6.45, 7) is 5.11. The quantitative estimate of drug-likeness (QED) is 0.403. The zero-order chi connectivity index (χ0) is 22.8. The molecule has 1 atom stereocenters. The van der Waals surface area contributed by atoms with E-state index in [1.807, 2.05) is 0 Å². The monoisotopic (exact) mass is 454 g/mol. The molecule has 4 heterocycles. The zero-order valence-corrected chi connectivity index (χ0v) is 18.2. The molecule has 1 aromatic carbocycles. The van der Waals surface area contributed by atoms with Gasteiger partial charge in [0.05, 0.1) is 25.1 Å². The first-order chi connectivity index (χ1) is 16.1. The summed E-state index contributed by atoms with van der Waals surface area (Å²) in [5, 5.41) is 11.1. The molecule has 0 spiro atoms. The lowest BCUT2D eigenvalue weighted by atomic mass is 9.99. The van der Waals surface area contributed by atoms with E-state index in [2.05, 4.69) is 4.90 Å². The van der Waals surface area contributed by atoms with Gasteiger partial charge in [0.15, 0.2) is 11.5 Å². The van der Waals surface area contributed by atoms with Crippen LogP contribution in [0.15, 0.2) is 46.6 Å². The summed E-state index contributed by atoms with van der Waals surface area (Å²) < 4.78 is 22.1. The molecule has 174 valence electrons. The van der Waals surface area contributed by atoms with Gasteiger partial charge in [0.2, 0.25) is 0 Å². The van der Waals surface area contributed by atoms with Gasteiger partial charge in [-0.05, 0) is 36.8 Å². The Morgan fingerprint density at radius 2 is 1.79 bits per heavy atom. The molecule has 9 heteroatoms. The number of hydrogen-bond acceptors (Lipinski definition) is 8. The minimum absolute atomic E-state index is 0.0120. The number of benzene rings is 1. The van der Waals surface area contributed by atoms with E-state index in [1.165, 1.54) is 11.2 Å². The van der Waals surface area contributed by atoms with Gasteiger partial charge in [-0.1, -0.05) is 0 Å². The molecule has 0 saturated carbocycles. The molecule has 1 aromatic heterocycles. The van der Waals surface area contributed by atoms with Crippen LogP contribution >= 0.6 is 0 Å². The Hall–Kier alpha value is -3.30. The third-order valence-corrected chi connectivity index (χ3v) is 6.15. The van der Waals surface area contributed by atoms with Crippen molar-refractivity contribution in [1.29, 1.82) is 0 Å². The Morgan fingerprint density at radius 1 is 1.00 bits per heavy atom. The molecule has 3 aliphatic rings. The SMILES string of the molecule is O=C1C(=O)N(CCCN2CCOCC2)[C@H](c2ccco2)C1=C(O)c1ccc2c(c1)OCCO2. The number of morpholine rings is 1. The molecule has 0 bridgehead atoms. The van der Waals surface area contributed by atoms with Gasteiger partial charge in [0.25, 0.3) is 11.7 Å². The fraction of sp³-hybridized carbons (Fsp3) is 0.417. The maximum Gasteiger partial charge on any atom is 0.295 e. The molecular weight excluding hydrogens is 428 g/mol. The average molecular weight is 454 g/mol. The molecule has 0 unspecified atom stereocenters. The molecule has 5 rings (SSSR count). The summed E-state index contributed by atoms with van der Waals surface area (Å²) in [5.74, 6) is -0.141. The third kappa shape index (κ3) is 4.21. The normalized spacial score (nSPS) is 22.7. The number of ether oxygens (including phenoxy) is 3. The number of aliphatic hydroxyl groups excluding tert-OH is 1. The van der Waals surface area contributed by atoms with E-state index in [4.69, 9.17) is 18.6 Å². The van der Waals surface area contributed by atoms with E-state index < -0.39 is 17.7 Å². The van der Waals surface area contributed by atoms with Gasteiger partial charge in [0, 0.05) is 31.7 Å². The number of Topliss-reactive ketones (excluding diaryl/α,β-unsaturated/α-hetero) is 1. The van der Waals surface area contributed by atoms with Crippen LogP contribution in [0.4, 0.5) is 0 Å². The average Bonchev–Trinajstić information content (AvgIpc) is 3.47. The van der Waals surface area contributed by atoms with Crippen molar-refractivity contribution in [3.63, 3.8) is 0 Å². The Kier molecular flexibility index (Phi) is 6.06. The van der Waals surface area contributed by atoms with E-state index in [-0.39, 0.29) is 11.3 Å². The molecule has 2 fully saturated rings. The van der Waals surface area contributed by atoms with Crippen LogP contribution < -0.4 is 9.47 Å². The first-order valence-electron chi connectivity index (χ1n) is 11.2. The molecule has 0 radical (unpaired) electrons. The van der Waals surface area contributed by atoms with Crippen LogP contribution in [0, 0.1) is 0 Å². The van der Waals surface area contributed by atoms with E-state index in [1.54, 1.807) is 30.3 Å². The topological polar surface area (TPSA) is 102 Å². The molecule has 2 aromatic rings. The van der Waals surface area contributed by atoms with Crippen LogP contribution in [-0.4, -0.2) is 79.2 Å². The van der Waals surface area contributed by atoms with Crippen LogP contribution in [0.3, 0.4) is 0 Å². The van der Waals surface area contributed by atoms with Crippen molar-refractivity contribution < 1.29 is 33.3 Å². The molecule has 2 saturated heterocycles. The number of aliphatic hydroxyl groups is 1. The van der Waals surface area contributed by atoms with E-state index in [9.17, 15) is 14.7 Å². The minimum atomic E-state index is -0.794. The van der Waals surface area contributed by atoms with Gasteiger partial charge >= 0.3 is 0 Å². The Bertz CT molecular complexity index is 1060. The molecule has 1 amide bonds. The summed E-state index contributed by atoms with van der Waals surface area (Å²) in [6, 6.07) is 7.57. The predicted molar refractivity (Wildman–Crippen MR) is 117 cm³/mol. The van der Waals surface area contributed by atoms with Crippen molar-refractivity contribution in [3.05, 3.63) is 53.5 Å². The van der Waals surface area contributed by atoms with E-state index in [0.717, 1.165) is 19.6 Å². The Morgan fingerprint density at radius 3 is 2.55 bits per heavy atom. The fourth-order valence-electron chi connectivity index (χ4n) is 4.49. The third-order valence-electron chi connectivity index (χ3n) is 6.15. The molecule has 3 aliphatic heterocycles. The van der Waals surface area contributed by atoms with Crippen LogP contribution in [0.5, 0.6) is 11.5 Å². The standard InChI is InChI=1S/C24H26N2O7/c27-22(16-4-5-17-19(15-16)33-14-13-32-17)20-21(18-3-1-10-31-18)26(24(29)23(20)28)7-2-6-25-8-11-30-12-9-25/h1,3-5,10,15,21,27H,2,6-9,11-14H2/t21-/m1/s1. The number of amides is 1. The van der Waals surface area contributed by atoms with Crippen molar-refractivity contribution in [2.75, 3.05) is 52.6 Å². The summed E-state index contributed by atoms with van der Waals surface area (Å²) in [5.41, 5.74) is 0.389. The lowest BCUT2D eigenvalue weighted by Gasteiger charge is -2.28. The van der Waals surface area contributed by atoms with Gasteiger partial charge in [-0.25, -0.2) is 0 Å². The summed E-state index contributed by atoms with van der Waals surface area (Å²) >= 11 is 0. The molecular formula is C24H26N2O7. The van der Waals surface area contributed by atoms with Crippen molar-refractivity contribution in [2.45, 2.75) is 12.5 Å². The number of furan rings is 1. The van der Waals surface area contributed by atoms with Gasteiger partial charge in [-0.2, -0.15) is 0 Å². The van der Waals surface area contributed by atoms with Crippen LogP contribution in [0.1, 0.15) is 23.8 Å². The number of carbonyl (C=O) groups excluding carboxylic acids is 2. The molecule has 33 heavy (non-hydrogen) atoms. The highest BCUT2D eigenvalue weighted by atomic mass is 16.6. The van der Waals surface area contributed by atoms with Gasteiger partial charge < -0.3 is 28.6 Å². The minimum Gasteiger partial charge on any atom is -0.507 e. The van der Waals surface area contributed by atoms with Crippen LogP contribution in [0.25, 0.3) is 5.76 Å². The highest BCUT2D eigenvalue weighted by Gasteiger charge is 2.47. The molecule has 1 N–H and O–H groups in total. The van der Waals surface area contributed by atoms with Gasteiger partial charge in [0.1, 0.15) is 30.8 Å². The number of rotatable bonds is 6. The first kappa shape index (κ1) is 21.5. The number of hydrogen-bond donors (Lipinski definition) is 1. The summed E-state index contributed by atoms with van der Waals surface area (Å²) in [7, 11) is 0. The van der Waals surface area contributed by atoms with E-state index in [0.29, 0.717) is 62.2 Å². The van der Waals surface area contributed by atoms with Crippen molar-refractivity contribution in [1.82, 2.24) is 9.80 Å². The van der Waals surface area contributed by atoms with Gasteiger partial charge in [-0.3, -0.25) is 14.5 Å². The Labute approximate surface area is 191 Å². The largest absolute Gasteiger partial charge is 0.507 e. The lowest BCUT2D eigenvalue weighted by molar-refractivity contribution is -0.140. The lowest BCUT2D eigenvalue weighted by Crippen LogP contribution is -2.38. The number of fused-ring (bicyclic) bond motifs is 1. The second-order valence-corrected chi connectivity index (χ2v) is 8.17. The zero-order valence-electron chi connectivity index (χ0n) is 18.2. The number of likely N-dealkylation sites (tertiary alicyclic amines) is 1. The van der Waals surface area contributed by atoms with Crippen LogP contribution in [-0.2, 0) is 14.3 Å². The summed E-state index contributed by atoms with van der Waals surface area (Å²) in [4.78, 5) is 29.8. The molecule has 0 aliphatic carbocycles. The smallest absolute Gasteiger partial charge is 0.295 e. The van der Waals surface area contributed by atoms with Crippen molar-refractivity contribution >= 4 is 17.4 Å². The first-order valence-corrected chi connectivity index (χ1v) is 11.2. The van der Waals surface area contributed by atoms with Crippen molar-refractivity contribution in [2.24, 2.45) is 0 Å². The number of ketones is 1. The second kappa shape index (κ2) is 9.29. The van der Waals surface area contributed by atoms with Crippen molar-refractivity contribution in [3.8, 4) is 11.5 Å². The summed E-state index contributed by atoms with van der Waals surface area (Å²) in [6.07, 6.45) is 2.18. The van der Waals surface area contributed by atoms with E-state index >= 15 is 0 Å². The number of carbonyl (C=O) groups is 2. The second-order valence-electron chi connectivity index (χ2n) is 8.17. The van der Waals surface area contributed by atoms with Crippen LogP contribution in [0.2, 0.25) is 0 Å². The highest BCUT2D eigenvalue weighted by Crippen LogP contribution is 2.41. The predicted octanol–water partition coefficient (Wildman–Crippen LogP) is 2.19. The number of nitrogens with zero attached hydrogens (tertiary/aromatic N) is 2. The molecule has 9 nitrogen and oxygen atoms in total. The maximum atomic E-state index is 13.1. The Balaban J connectivity index is 1.44. The highest BCUT2D eigenvalue weighted by molar-refractivity contribution is 6.46.